The summed E-state index contributed by atoms with van der Waals surface area (Å²) in [7, 11) is 0. The summed E-state index contributed by atoms with van der Waals surface area (Å²) >= 11 is 0. The van der Waals surface area contributed by atoms with Crippen molar-refractivity contribution in [3.63, 3.8) is 0 Å². The standard InChI is InChI=1S/C19H39N/c1-3-5-6-7-8-9-10-11-12-13-14-15-19-17-16-18(4-2)20-19/h18-20H,3-17H2,1-2H3/t18-,19-/m0/s1. The van der Waals surface area contributed by atoms with Crippen LogP contribution in [0.25, 0.3) is 0 Å². The summed E-state index contributed by atoms with van der Waals surface area (Å²) in [6.45, 7) is 4.60. The fourth-order valence-corrected chi connectivity index (χ4v) is 3.51. The van der Waals surface area contributed by atoms with Crippen molar-refractivity contribution in [1.29, 1.82) is 0 Å². The Bertz CT molecular complexity index is 202. The average molecular weight is 282 g/mol. The van der Waals surface area contributed by atoms with Crippen molar-refractivity contribution in [3.8, 4) is 0 Å². The number of nitrogens with one attached hydrogen (secondary N) is 1. The van der Waals surface area contributed by atoms with Crippen molar-refractivity contribution < 1.29 is 0 Å². The van der Waals surface area contributed by atoms with Gasteiger partial charge in [0.1, 0.15) is 0 Å². The molecule has 1 nitrogen and oxygen atoms in total. The molecule has 0 aromatic rings. The summed E-state index contributed by atoms with van der Waals surface area (Å²) in [5, 5.41) is 3.78. The molecular formula is C19H39N. The Morgan fingerprint density at radius 2 is 1.15 bits per heavy atom. The lowest BCUT2D eigenvalue weighted by atomic mass is 10.0. The molecule has 2 atom stereocenters. The molecule has 1 rings (SSSR count). The summed E-state index contributed by atoms with van der Waals surface area (Å²) in [5.41, 5.74) is 0. The van der Waals surface area contributed by atoms with Crippen LogP contribution in [-0.2, 0) is 0 Å². The van der Waals surface area contributed by atoms with E-state index in [2.05, 4.69) is 19.2 Å². The molecule has 1 fully saturated rings. The van der Waals surface area contributed by atoms with Gasteiger partial charge in [0, 0.05) is 12.1 Å². The maximum atomic E-state index is 3.78. The fraction of sp³-hybridized carbons (Fsp3) is 1.00. The lowest BCUT2D eigenvalue weighted by Crippen LogP contribution is -2.28. The molecule has 0 saturated carbocycles. The van der Waals surface area contributed by atoms with E-state index in [-0.39, 0.29) is 0 Å². The normalized spacial score (nSPS) is 22.5. The Hall–Kier alpha value is -0.0400. The molecule has 1 aliphatic heterocycles. The highest BCUT2D eigenvalue weighted by Crippen LogP contribution is 2.20. The molecule has 1 saturated heterocycles. The Morgan fingerprint density at radius 1 is 0.650 bits per heavy atom. The molecule has 0 aromatic heterocycles. The SMILES string of the molecule is CCCCCCCCCCCCC[C@H]1CC[C@H](CC)N1. The summed E-state index contributed by atoms with van der Waals surface area (Å²) in [4.78, 5) is 0. The van der Waals surface area contributed by atoms with E-state index in [0.717, 1.165) is 12.1 Å². The Morgan fingerprint density at radius 3 is 1.65 bits per heavy atom. The minimum atomic E-state index is 0.827. The first-order valence-electron chi connectivity index (χ1n) is 9.62. The van der Waals surface area contributed by atoms with Gasteiger partial charge in [0.05, 0.1) is 0 Å². The van der Waals surface area contributed by atoms with E-state index in [9.17, 15) is 0 Å². The molecule has 0 amide bonds. The number of unbranched alkanes of at least 4 members (excludes halogenated alkanes) is 10. The average Bonchev–Trinajstić information content (AvgIpc) is 2.93. The fourth-order valence-electron chi connectivity index (χ4n) is 3.51. The van der Waals surface area contributed by atoms with Crippen molar-refractivity contribution in [1.82, 2.24) is 5.32 Å². The minimum Gasteiger partial charge on any atom is -0.311 e. The first-order chi connectivity index (χ1) is 9.86. The third-order valence-electron chi connectivity index (χ3n) is 4.98. The van der Waals surface area contributed by atoms with Gasteiger partial charge in [-0.2, -0.15) is 0 Å². The van der Waals surface area contributed by atoms with Crippen molar-refractivity contribution in [2.75, 3.05) is 0 Å². The first-order valence-corrected chi connectivity index (χ1v) is 9.62. The van der Waals surface area contributed by atoms with E-state index in [4.69, 9.17) is 0 Å². The van der Waals surface area contributed by atoms with Gasteiger partial charge in [-0.25, -0.2) is 0 Å². The second-order valence-electron chi connectivity index (χ2n) is 6.87. The van der Waals surface area contributed by atoms with Gasteiger partial charge in [0.2, 0.25) is 0 Å². The summed E-state index contributed by atoms with van der Waals surface area (Å²) in [6.07, 6.45) is 21.6. The second-order valence-corrected chi connectivity index (χ2v) is 6.87. The lowest BCUT2D eigenvalue weighted by Gasteiger charge is -2.12. The molecule has 0 aliphatic carbocycles. The monoisotopic (exact) mass is 281 g/mol. The third kappa shape index (κ3) is 9.00. The quantitative estimate of drug-likeness (QED) is 0.395. The van der Waals surface area contributed by atoms with Crippen LogP contribution in [0, 0.1) is 0 Å². The highest BCUT2D eigenvalue weighted by atomic mass is 15.0. The van der Waals surface area contributed by atoms with Crippen LogP contribution in [0.5, 0.6) is 0 Å². The number of hydrogen-bond acceptors (Lipinski definition) is 1. The molecule has 0 radical (unpaired) electrons. The Kier molecular flexibility index (Phi) is 11.4. The number of hydrogen-bond donors (Lipinski definition) is 1. The van der Waals surface area contributed by atoms with Gasteiger partial charge >= 0.3 is 0 Å². The molecule has 0 bridgehead atoms. The molecule has 1 N–H and O–H groups in total. The molecule has 1 heterocycles. The Balaban J connectivity index is 1.75. The molecule has 0 aromatic carbocycles. The van der Waals surface area contributed by atoms with Gasteiger partial charge in [-0.05, 0) is 25.7 Å². The smallest absolute Gasteiger partial charge is 0.00702 e. The van der Waals surface area contributed by atoms with E-state index in [0.29, 0.717) is 0 Å². The van der Waals surface area contributed by atoms with Crippen LogP contribution in [0.3, 0.4) is 0 Å². The third-order valence-corrected chi connectivity index (χ3v) is 4.98. The van der Waals surface area contributed by atoms with Crippen LogP contribution in [0.2, 0.25) is 0 Å². The van der Waals surface area contributed by atoms with E-state index >= 15 is 0 Å². The van der Waals surface area contributed by atoms with Crippen molar-refractivity contribution in [2.24, 2.45) is 0 Å². The van der Waals surface area contributed by atoms with Gasteiger partial charge in [-0.3, -0.25) is 0 Å². The summed E-state index contributed by atoms with van der Waals surface area (Å²) < 4.78 is 0. The van der Waals surface area contributed by atoms with Crippen LogP contribution in [0.15, 0.2) is 0 Å². The van der Waals surface area contributed by atoms with Crippen molar-refractivity contribution >= 4 is 0 Å². The summed E-state index contributed by atoms with van der Waals surface area (Å²) in [5.74, 6) is 0. The number of rotatable bonds is 13. The van der Waals surface area contributed by atoms with Crippen molar-refractivity contribution in [3.05, 3.63) is 0 Å². The summed E-state index contributed by atoms with van der Waals surface area (Å²) in [6, 6.07) is 1.67. The van der Waals surface area contributed by atoms with E-state index < -0.39 is 0 Å². The Labute approximate surface area is 128 Å². The van der Waals surface area contributed by atoms with Gasteiger partial charge in [0.15, 0.2) is 0 Å². The largest absolute Gasteiger partial charge is 0.311 e. The van der Waals surface area contributed by atoms with Crippen molar-refractivity contribution in [2.45, 2.75) is 122 Å². The van der Waals surface area contributed by atoms with Crippen LogP contribution in [0.4, 0.5) is 0 Å². The second kappa shape index (κ2) is 12.7. The van der Waals surface area contributed by atoms with Gasteiger partial charge in [-0.1, -0.05) is 84.5 Å². The maximum absolute atomic E-state index is 3.78. The van der Waals surface area contributed by atoms with Crippen LogP contribution in [-0.4, -0.2) is 12.1 Å². The molecular weight excluding hydrogens is 242 g/mol. The van der Waals surface area contributed by atoms with E-state index in [1.807, 2.05) is 0 Å². The minimum absolute atomic E-state index is 0.827. The highest BCUT2D eigenvalue weighted by Gasteiger charge is 2.21. The van der Waals surface area contributed by atoms with Gasteiger partial charge in [0.25, 0.3) is 0 Å². The molecule has 120 valence electrons. The van der Waals surface area contributed by atoms with E-state index in [1.54, 1.807) is 0 Å². The van der Waals surface area contributed by atoms with Gasteiger partial charge in [-0.15, -0.1) is 0 Å². The molecule has 20 heavy (non-hydrogen) atoms. The maximum Gasteiger partial charge on any atom is 0.00702 e. The van der Waals surface area contributed by atoms with Crippen LogP contribution < -0.4 is 5.32 Å². The van der Waals surface area contributed by atoms with Gasteiger partial charge < -0.3 is 5.32 Å². The zero-order valence-corrected chi connectivity index (χ0v) is 14.3. The first kappa shape index (κ1) is 18.0. The highest BCUT2D eigenvalue weighted by molar-refractivity contribution is 4.82. The zero-order chi connectivity index (χ0) is 14.5. The molecule has 0 unspecified atom stereocenters. The lowest BCUT2D eigenvalue weighted by molar-refractivity contribution is 0.471. The predicted octanol–water partition coefficient (Wildman–Crippen LogP) is 6.22. The predicted molar refractivity (Wildman–Crippen MR) is 91.3 cm³/mol. The topological polar surface area (TPSA) is 12.0 Å². The molecule has 1 heteroatoms. The zero-order valence-electron chi connectivity index (χ0n) is 14.3. The van der Waals surface area contributed by atoms with Crippen LogP contribution >= 0.6 is 0 Å². The molecule has 1 aliphatic rings. The van der Waals surface area contributed by atoms with Crippen LogP contribution in [0.1, 0.15) is 110 Å². The molecule has 0 spiro atoms. The van der Waals surface area contributed by atoms with E-state index in [1.165, 1.54) is 96.3 Å².